The number of nitrogens with zero attached hydrogens (tertiary/aromatic N) is 1. The van der Waals surface area contributed by atoms with Crippen LogP contribution in [0.15, 0.2) is 36.4 Å². The first-order valence-corrected chi connectivity index (χ1v) is 7.69. The third-order valence-electron chi connectivity index (χ3n) is 3.04. The molecule has 1 aromatic carbocycles. The first kappa shape index (κ1) is 16.0. The minimum atomic E-state index is -0.142. The second kappa shape index (κ2) is 7.09. The zero-order valence-corrected chi connectivity index (χ0v) is 13.7. The van der Waals surface area contributed by atoms with Crippen LogP contribution in [0.5, 0.6) is 0 Å². The summed E-state index contributed by atoms with van der Waals surface area (Å²) < 4.78 is 0. The molecule has 0 aliphatic carbocycles. The predicted octanol–water partition coefficient (Wildman–Crippen LogP) is 2.70. The van der Waals surface area contributed by atoms with E-state index in [0.29, 0.717) is 11.4 Å². The highest BCUT2D eigenvalue weighted by Crippen LogP contribution is 2.20. The highest BCUT2D eigenvalue weighted by Gasteiger charge is 2.10. The smallest absolute Gasteiger partial charge is 0.265 e. The van der Waals surface area contributed by atoms with E-state index in [9.17, 15) is 9.59 Å². The lowest BCUT2D eigenvalue weighted by Gasteiger charge is -2.12. The molecule has 0 saturated heterocycles. The molecule has 1 aromatic heterocycles. The van der Waals surface area contributed by atoms with Crippen LogP contribution in [0.3, 0.4) is 0 Å². The molecule has 0 unspecified atom stereocenters. The second-order valence-corrected chi connectivity index (χ2v) is 6.24. The number of carbonyl (C=O) groups is 2. The molecule has 0 radical (unpaired) electrons. The van der Waals surface area contributed by atoms with Crippen molar-refractivity contribution in [1.29, 1.82) is 0 Å². The van der Waals surface area contributed by atoms with Gasteiger partial charge < -0.3 is 15.5 Å². The monoisotopic (exact) mass is 317 g/mol. The summed E-state index contributed by atoms with van der Waals surface area (Å²) in [4.78, 5) is 26.6. The molecule has 0 fully saturated rings. The minimum absolute atomic E-state index is 0.0830. The topological polar surface area (TPSA) is 61.4 Å². The Bertz CT molecular complexity index is 662. The van der Waals surface area contributed by atoms with Crippen LogP contribution in [-0.4, -0.2) is 25.9 Å². The van der Waals surface area contributed by atoms with Crippen LogP contribution in [0.2, 0.25) is 0 Å². The lowest BCUT2D eigenvalue weighted by Crippen LogP contribution is -2.18. The van der Waals surface area contributed by atoms with E-state index in [1.807, 2.05) is 49.3 Å². The lowest BCUT2D eigenvalue weighted by molar-refractivity contribution is -0.119. The standard InChI is InChI=1S/C16H19N3O2S/c1-11(20)17-10-14-8-9-15(22-14)16(21)18-12-4-6-13(7-5-12)19(2)3/h4-9H,10H2,1-3H3,(H,17,20)(H,18,21). The molecule has 2 N–H and O–H groups in total. The summed E-state index contributed by atoms with van der Waals surface area (Å²) in [6.45, 7) is 1.92. The fourth-order valence-electron chi connectivity index (χ4n) is 1.84. The van der Waals surface area contributed by atoms with Crippen molar-refractivity contribution in [3.63, 3.8) is 0 Å². The normalized spacial score (nSPS) is 10.1. The number of thiophene rings is 1. The van der Waals surface area contributed by atoms with Crippen molar-refractivity contribution >= 4 is 34.5 Å². The van der Waals surface area contributed by atoms with Crippen LogP contribution in [0.1, 0.15) is 21.5 Å². The van der Waals surface area contributed by atoms with Gasteiger partial charge in [0.05, 0.1) is 11.4 Å². The van der Waals surface area contributed by atoms with Crippen molar-refractivity contribution in [3.8, 4) is 0 Å². The average Bonchev–Trinajstić information content (AvgIpc) is 2.94. The first-order chi connectivity index (χ1) is 10.5. The van der Waals surface area contributed by atoms with Gasteiger partial charge in [-0.2, -0.15) is 0 Å². The Morgan fingerprint density at radius 3 is 2.36 bits per heavy atom. The summed E-state index contributed by atoms with van der Waals surface area (Å²) in [5, 5.41) is 5.58. The number of hydrogen-bond donors (Lipinski definition) is 2. The first-order valence-electron chi connectivity index (χ1n) is 6.87. The Balaban J connectivity index is 1.98. The summed E-state index contributed by atoms with van der Waals surface area (Å²) in [5.74, 6) is -0.225. The van der Waals surface area contributed by atoms with Crippen LogP contribution >= 0.6 is 11.3 Å². The molecule has 0 aliphatic rings. The minimum Gasteiger partial charge on any atom is -0.378 e. The number of anilines is 2. The van der Waals surface area contributed by atoms with Crippen molar-refractivity contribution in [2.45, 2.75) is 13.5 Å². The van der Waals surface area contributed by atoms with Crippen molar-refractivity contribution in [2.75, 3.05) is 24.3 Å². The molecule has 1 heterocycles. The summed E-state index contributed by atoms with van der Waals surface area (Å²) in [6, 6.07) is 11.3. The van der Waals surface area contributed by atoms with Crippen molar-refractivity contribution in [1.82, 2.24) is 5.32 Å². The largest absolute Gasteiger partial charge is 0.378 e. The molecule has 0 saturated carbocycles. The summed E-state index contributed by atoms with van der Waals surface area (Å²) in [5.41, 5.74) is 1.83. The average molecular weight is 317 g/mol. The summed E-state index contributed by atoms with van der Waals surface area (Å²) in [7, 11) is 3.94. The van der Waals surface area contributed by atoms with Crippen LogP contribution in [-0.2, 0) is 11.3 Å². The van der Waals surface area contributed by atoms with Gasteiger partial charge in [-0.25, -0.2) is 0 Å². The molecule has 6 heteroatoms. The summed E-state index contributed by atoms with van der Waals surface area (Å²) in [6.07, 6.45) is 0. The van der Waals surface area contributed by atoms with Gasteiger partial charge in [-0.05, 0) is 36.4 Å². The maximum atomic E-state index is 12.2. The highest BCUT2D eigenvalue weighted by molar-refractivity contribution is 7.14. The fourth-order valence-corrected chi connectivity index (χ4v) is 2.68. The Labute approximate surface area is 134 Å². The van der Waals surface area contributed by atoms with E-state index in [0.717, 1.165) is 16.3 Å². The van der Waals surface area contributed by atoms with Gasteiger partial charge in [0.1, 0.15) is 0 Å². The van der Waals surface area contributed by atoms with E-state index in [1.165, 1.54) is 18.3 Å². The molecule has 0 bridgehead atoms. The molecule has 0 spiro atoms. The second-order valence-electron chi connectivity index (χ2n) is 5.07. The van der Waals surface area contributed by atoms with E-state index >= 15 is 0 Å². The van der Waals surface area contributed by atoms with Gasteiger partial charge in [0, 0.05) is 37.3 Å². The van der Waals surface area contributed by atoms with E-state index < -0.39 is 0 Å². The van der Waals surface area contributed by atoms with Gasteiger partial charge in [-0.1, -0.05) is 0 Å². The van der Waals surface area contributed by atoms with E-state index in [2.05, 4.69) is 10.6 Å². The predicted molar refractivity (Wildman–Crippen MR) is 90.6 cm³/mol. The number of benzene rings is 1. The van der Waals surface area contributed by atoms with E-state index in [1.54, 1.807) is 6.07 Å². The number of hydrogen-bond acceptors (Lipinski definition) is 4. The molecular weight excluding hydrogens is 298 g/mol. The van der Waals surface area contributed by atoms with Crippen molar-refractivity contribution in [2.24, 2.45) is 0 Å². The maximum Gasteiger partial charge on any atom is 0.265 e. The third kappa shape index (κ3) is 4.33. The molecule has 2 rings (SSSR count). The number of carbonyl (C=O) groups excluding carboxylic acids is 2. The Hall–Kier alpha value is -2.34. The molecule has 2 aromatic rings. The molecule has 22 heavy (non-hydrogen) atoms. The molecule has 0 aliphatic heterocycles. The molecular formula is C16H19N3O2S. The zero-order valence-electron chi connectivity index (χ0n) is 12.8. The van der Waals surface area contributed by atoms with Crippen molar-refractivity contribution in [3.05, 3.63) is 46.2 Å². The lowest BCUT2D eigenvalue weighted by atomic mass is 10.2. The molecule has 116 valence electrons. The third-order valence-corrected chi connectivity index (χ3v) is 4.12. The van der Waals surface area contributed by atoms with E-state index in [4.69, 9.17) is 0 Å². The maximum absolute atomic E-state index is 12.2. The zero-order chi connectivity index (χ0) is 16.1. The van der Waals surface area contributed by atoms with Crippen molar-refractivity contribution < 1.29 is 9.59 Å². The van der Waals surface area contributed by atoms with Gasteiger partial charge in [-0.3, -0.25) is 9.59 Å². The number of amides is 2. The number of nitrogens with one attached hydrogen (secondary N) is 2. The van der Waals surface area contributed by atoms with Crippen LogP contribution in [0.4, 0.5) is 11.4 Å². The molecule has 2 amide bonds. The SMILES string of the molecule is CC(=O)NCc1ccc(C(=O)Nc2ccc(N(C)C)cc2)s1. The van der Waals surface area contributed by atoms with Gasteiger partial charge in [0.25, 0.3) is 5.91 Å². The molecule has 0 atom stereocenters. The number of rotatable bonds is 5. The van der Waals surface area contributed by atoms with Gasteiger partial charge in [-0.15, -0.1) is 11.3 Å². The van der Waals surface area contributed by atoms with Crippen LogP contribution in [0.25, 0.3) is 0 Å². The molecule has 5 nitrogen and oxygen atoms in total. The quantitative estimate of drug-likeness (QED) is 0.891. The van der Waals surface area contributed by atoms with Crippen LogP contribution < -0.4 is 15.5 Å². The van der Waals surface area contributed by atoms with E-state index in [-0.39, 0.29) is 11.8 Å². The fraction of sp³-hybridized carbons (Fsp3) is 0.250. The van der Waals surface area contributed by atoms with Crippen LogP contribution in [0, 0.1) is 0 Å². The Morgan fingerprint density at radius 2 is 1.77 bits per heavy atom. The van der Waals surface area contributed by atoms with Gasteiger partial charge in [0.15, 0.2) is 0 Å². The highest BCUT2D eigenvalue weighted by atomic mass is 32.1. The van der Waals surface area contributed by atoms with Gasteiger partial charge in [0.2, 0.25) is 5.91 Å². The Kier molecular flexibility index (Phi) is 5.16. The van der Waals surface area contributed by atoms with Gasteiger partial charge >= 0.3 is 0 Å². The Morgan fingerprint density at radius 1 is 1.09 bits per heavy atom. The summed E-state index contributed by atoms with van der Waals surface area (Å²) >= 11 is 1.38.